The van der Waals surface area contributed by atoms with E-state index in [-0.39, 0.29) is 5.75 Å². The normalized spacial score (nSPS) is 22.6. The summed E-state index contributed by atoms with van der Waals surface area (Å²) in [4.78, 5) is 0. The van der Waals surface area contributed by atoms with E-state index in [9.17, 15) is 5.11 Å². The summed E-state index contributed by atoms with van der Waals surface area (Å²) in [6, 6.07) is 5.50. The summed E-state index contributed by atoms with van der Waals surface area (Å²) in [7, 11) is 1.55. The first-order chi connectivity index (χ1) is 9.24. The maximum Gasteiger partial charge on any atom is 0.160 e. The molecule has 0 spiro atoms. The van der Waals surface area contributed by atoms with Crippen LogP contribution in [0.15, 0.2) is 18.2 Å². The molecule has 1 aliphatic rings. The van der Waals surface area contributed by atoms with E-state index >= 15 is 0 Å². The molecule has 2 rings (SSSR count). The van der Waals surface area contributed by atoms with Crippen LogP contribution in [0.5, 0.6) is 11.5 Å². The van der Waals surface area contributed by atoms with Crippen molar-refractivity contribution in [2.24, 2.45) is 5.92 Å². The first kappa shape index (κ1) is 14.2. The molecule has 1 fully saturated rings. The van der Waals surface area contributed by atoms with E-state index in [4.69, 9.17) is 9.47 Å². The third-order valence-corrected chi connectivity index (χ3v) is 3.73. The Labute approximate surface area is 114 Å². The van der Waals surface area contributed by atoms with E-state index < -0.39 is 0 Å². The van der Waals surface area contributed by atoms with E-state index in [0.717, 1.165) is 38.1 Å². The van der Waals surface area contributed by atoms with Gasteiger partial charge in [-0.2, -0.15) is 0 Å². The molecule has 106 valence electrons. The van der Waals surface area contributed by atoms with Crippen molar-refractivity contribution in [2.75, 3.05) is 20.3 Å². The summed E-state index contributed by atoms with van der Waals surface area (Å²) < 4.78 is 10.7. The smallest absolute Gasteiger partial charge is 0.160 e. The van der Waals surface area contributed by atoms with E-state index in [1.54, 1.807) is 19.2 Å². The van der Waals surface area contributed by atoms with Crippen molar-refractivity contribution in [3.05, 3.63) is 23.8 Å². The predicted octanol–water partition coefficient (Wildman–Crippen LogP) is 2.31. The first-order valence-corrected chi connectivity index (χ1v) is 6.92. The van der Waals surface area contributed by atoms with Crippen LogP contribution in [0.25, 0.3) is 0 Å². The van der Waals surface area contributed by atoms with Crippen LogP contribution in [0.1, 0.15) is 25.3 Å². The molecule has 4 nitrogen and oxygen atoms in total. The number of ether oxygens (including phenoxy) is 2. The van der Waals surface area contributed by atoms with Gasteiger partial charge in [0.2, 0.25) is 0 Å². The van der Waals surface area contributed by atoms with Gasteiger partial charge >= 0.3 is 0 Å². The molecule has 2 atom stereocenters. The molecule has 2 N–H and O–H groups in total. The fraction of sp³-hybridized carbons (Fsp3) is 0.600. The van der Waals surface area contributed by atoms with Gasteiger partial charge in [0.1, 0.15) is 0 Å². The summed E-state index contributed by atoms with van der Waals surface area (Å²) in [5, 5.41) is 13.2. The number of aromatic hydroxyl groups is 1. The molecule has 0 aliphatic carbocycles. The number of methoxy groups -OCH3 is 1. The molecular weight excluding hydrogens is 242 g/mol. The van der Waals surface area contributed by atoms with Gasteiger partial charge in [0.05, 0.1) is 13.2 Å². The van der Waals surface area contributed by atoms with Crippen LogP contribution in [-0.4, -0.2) is 31.5 Å². The van der Waals surface area contributed by atoms with Crippen LogP contribution in [0.3, 0.4) is 0 Å². The molecule has 1 aliphatic heterocycles. The van der Waals surface area contributed by atoms with Crippen LogP contribution in [0.4, 0.5) is 0 Å². The van der Waals surface area contributed by atoms with Gasteiger partial charge in [0.25, 0.3) is 0 Å². The highest BCUT2D eigenvalue weighted by molar-refractivity contribution is 5.41. The van der Waals surface area contributed by atoms with Crippen molar-refractivity contribution in [2.45, 2.75) is 32.4 Å². The predicted molar refractivity (Wildman–Crippen MR) is 74.5 cm³/mol. The van der Waals surface area contributed by atoms with Crippen LogP contribution in [0.2, 0.25) is 0 Å². The summed E-state index contributed by atoms with van der Waals surface area (Å²) >= 11 is 0. The maximum atomic E-state index is 9.71. The van der Waals surface area contributed by atoms with E-state index in [1.807, 2.05) is 6.07 Å². The Morgan fingerprint density at radius 2 is 2.32 bits per heavy atom. The number of benzene rings is 1. The number of phenolic OH excluding ortho intramolecular Hbond substituents is 1. The van der Waals surface area contributed by atoms with Gasteiger partial charge in [0, 0.05) is 19.7 Å². The lowest BCUT2D eigenvalue weighted by Crippen LogP contribution is -2.27. The molecule has 0 bridgehead atoms. The lowest BCUT2D eigenvalue weighted by molar-refractivity contribution is 0.0872. The van der Waals surface area contributed by atoms with Crippen molar-refractivity contribution in [3.63, 3.8) is 0 Å². The lowest BCUT2D eigenvalue weighted by atomic mass is 9.99. The minimum atomic E-state index is 0.192. The third kappa shape index (κ3) is 3.61. The van der Waals surface area contributed by atoms with Gasteiger partial charge in [0.15, 0.2) is 11.5 Å². The monoisotopic (exact) mass is 265 g/mol. The zero-order chi connectivity index (χ0) is 13.7. The quantitative estimate of drug-likeness (QED) is 0.828. The molecule has 1 saturated heterocycles. The van der Waals surface area contributed by atoms with Crippen LogP contribution in [0, 0.1) is 5.92 Å². The van der Waals surface area contributed by atoms with Gasteiger partial charge in [-0.05, 0) is 36.5 Å². The molecule has 1 heterocycles. The molecule has 1 aromatic rings. The van der Waals surface area contributed by atoms with Crippen molar-refractivity contribution in [1.29, 1.82) is 0 Å². The second kappa shape index (κ2) is 6.78. The summed E-state index contributed by atoms with van der Waals surface area (Å²) in [6.45, 7) is 4.77. The molecule has 0 amide bonds. The SMILES string of the molecule is CCC1OCCC1CNCc1ccc(OC)c(O)c1. The fourth-order valence-corrected chi connectivity index (χ4v) is 2.62. The van der Waals surface area contributed by atoms with Gasteiger partial charge < -0.3 is 19.9 Å². The molecule has 19 heavy (non-hydrogen) atoms. The molecule has 0 saturated carbocycles. The van der Waals surface area contributed by atoms with Crippen LogP contribution in [-0.2, 0) is 11.3 Å². The molecular formula is C15H23NO3. The Hall–Kier alpha value is -1.26. The van der Waals surface area contributed by atoms with Crippen molar-refractivity contribution in [3.8, 4) is 11.5 Å². The number of rotatable bonds is 6. The maximum absolute atomic E-state index is 9.71. The molecule has 0 aromatic heterocycles. The highest BCUT2D eigenvalue weighted by Crippen LogP contribution is 2.26. The molecule has 4 heteroatoms. The Morgan fingerprint density at radius 3 is 3.00 bits per heavy atom. The van der Waals surface area contributed by atoms with Crippen molar-refractivity contribution in [1.82, 2.24) is 5.32 Å². The summed E-state index contributed by atoms with van der Waals surface area (Å²) in [5.41, 5.74) is 1.06. The molecule has 1 aromatic carbocycles. The average Bonchev–Trinajstić information content (AvgIpc) is 2.86. The largest absolute Gasteiger partial charge is 0.504 e. The zero-order valence-corrected chi connectivity index (χ0v) is 11.7. The Bertz CT molecular complexity index is 408. The number of hydrogen-bond donors (Lipinski definition) is 2. The van der Waals surface area contributed by atoms with Gasteiger partial charge in [-0.25, -0.2) is 0 Å². The minimum absolute atomic E-state index is 0.192. The van der Waals surface area contributed by atoms with E-state index in [2.05, 4.69) is 12.2 Å². The van der Waals surface area contributed by atoms with Crippen molar-refractivity contribution < 1.29 is 14.6 Å². The minimum Gasteiger partial charge on any atom is -0.504 e. The summed E-state index contributed by atoms with van der Waals surface area (Å²) in [6.07, 6.45) is 2.62. The Balaban J connectivity index is 1.81. The first-order valence-electron chi connectivity index (χ1n) is 6.92. The molecule has 0 radical (unpaired) electrons. The standard InChI is InChI=1S/C15H23NO3/c1-3-14-12(6-7-19-14)10-16-9-11-4-5-15(18-2)13(17)8-11/h4-5,8,12,14,16-17H,3,6-7,9-10H2,1-2H3. The number of nitrogens with one attached hydrogen (secondary N) is 1. The number of phenols is 1. The Kier molecular flexibility index (Phi) is 5.05. The van der Waals surface area contributed by atoms with Crippen molar-refractivity contribution >= 4 is 0 Å². The highest BCUT2D eigenvalue weighted by atomic mass is 16.5. The highest BCUT2D eigenvalue weighted by Gasteiger charge is 2.25. The number of hydrogen-bond acceptors (Lipinski definition) is 4. The topological polar surface area (TPSA) is 50.7 Å². The summed E-state index contributed by atoms with van der Waals surface area (Å²) in [5.74, 6) is 1.31. The average molecular weight is 265 g/mol. The lowest BCUT2D eigenvalue weighted by Gasteiger charge is -2.17. The second-order valence-corrected chi connectivity index (χ2v) is 5.00. The third-order valence-electron chi connectivity index (χ3n) is 3.73. The zero-order valence-electron chi connectivity index (χ0n) is 11.7. The molecule has 2 unspecified atom stereocenters. The fourth-order valence-electron chi connectivity index (χ4n) is 2.62. The van der Waals surface area contributed by atoms with Crippen LogP contribution >= 0.6 is 0 Å². The van der Waals surface area contributed by atoms with E-state index in [1.165, 1.54) is 0 Å². The van der Waals surface area contributed by atoms with Gasteiger partial charge in [-0.1, -0.05) is 13.0 Å². The van der Waals surface area contributed by atoms with Crippen LogP contribution < -0.4 is 10.1 Å². The second-order valence-electron chi connectivity index (χ2n) is 5.00. The van der Waals surface area contributed by atoms with Gasteiger partial charge in [-0.15, -0.1) is 0 Å². The van der Waals surface area contributed by atoms with Gasteiger partial charge in [-0.3, -0.25) is 0 Å². The van der Waals surface area contributed by atoms with E-state index in [0.29, 0.717) is 17.8 Å². The Morgan fingerprint density at radius 1 is 1.47 bits per heavy atom.